The Kier molecular flexibility index (Phi) is 4.03. The number of nitrogens with one attached hydrogen (secondary N) is 1. The Balaban J connectivity index is 2.25. The summed E-state index contributed by atoms with van der Waals surface area (Å²) in [6.45, 7) is 0. The number of nitrogens with zero attached hydrogens (tertiary/aromatic N) is 2. The summed E-state index contributed by atoms with van der Waals surface area (Å²) >= 11 is 5.91. The van der Waals surface area contributed by atoms with Gasteiger partial charge in [-0.25, -0.2) is 8.42 Å². The highest BCUT2D eigenvalue weighted by Crippen LogP contribution is 2.27. The molecule has 0 fully saturated rings. The molecule has 20 heavy (non-hydrogen) atoms. The number of halogens is 2. The van der Waals surface area contributed by atoms with Crippen molar-refractivity contribution in [3.63, 3.8) is 0 Å². The zero-order chi connectivity index (χ0) is 14.9. The van der Waals surface area contributed by atoms with Crippen LogP contribution in [0.3, 0.4) is 0 Å². The van der Waals surface area contributed by atoms with Gasteiger partial charge in [0.1, 0.15) is 0 Å². The standard InChI is InChI=1S/C11H9Cl2N3O3S/c1-16-6-7(5-14-16)11(17)15-10-3-2-8(4-9(10)12)20(13,18)19/h2-6H,1H3,(H,15,17). The highest BCUT2D eigenvalue weighted by atomic mass is 35.7. The third-order valence-electron chi connectivity index (χ3n) is 2.44. The molecule has 0 aliphatic carbocycles. The van der Waals surface area contributed by atoms with E-state index in [2.05, 4.69) is 10.4 Å². The highest BCUT2D eigenvalue weighted by Gasteiger charge is 2.14. The van der Waals surface area contributed by atoms with Crippen LogP contribution in [-0.2, 0) is 16.1 Å². The first-order chi connectivity index (χ1) is 9.27. The average molecular weight is 334 g/mol. The number of benzene rings is 1. The maximum Gasteiger partial charge on any atom is 0.261 e. The Morgan fingerprint density at radius 2 is 2.10 bits per heavy atom. The van der Waals surface area contributed by atoms with Crippen molar-refractivity contribution >= 4 is 42.9 Å². The van der Waals surface area contributed by atoms with Crippen LogP contribution in [-0.4, -0.2) is 24.1 Å². The number of carbonyl (C=O) groups excluding carboxylic acids is 1. The van der Waals surface area contributed by atoms with E-state index in [0.29, 0.717) is 5.56 Å². The van der Waals surface area contributed by atoms with Gasteiger partial charge in [-0.1, -0.05) is 11.6 Å². The van der Waals surface area contributed by atoms with Crippen molar-refractivity contribution in [1.82, 2.24) is 9.78 Å². The van der Waals surface area contributed by atoms with E-state index < -0.39 is 15.0 Å². The van der Waals surface area contributed by atoms with Gasteiger partial charge in [-0.2, -0.15) is 5.10 Å². The molecule has 1 heterocycles. The molecular formula is C11H9Cl2N3O3S. The largest absolute Gasteiger partial charge is 0.321 e. The lowest BCUT2D eigenvalue weighted by Crippen LogP contribution is -2.11. The van der Waals surface area contributed by atoms with Crippen LogP contribution in [0.2, 0.25) is 5.02 Å². The van der Waals surface area contributed by atoms with Gasteiger partial charge in [0, 0.05) is 23.9 Å². The molecule has 6 nitrogen and oxygen atoms in total. The molecule has 0 unspecified atom stereocenters. The van der Waals surface area contributed by atoms with Crippen LogP contribution in [0.5, 0.6) is 0 Å². The first kappa shape index (κ1) is 14.8. The van der Waals surface area contributed by atoms with Crippen LogP contribution < -0.4 is 5.32 Å². The predicted octanol–water partition coefficient (Wildman–Crippen LogP) is 2.25. The Hall–Kier alpha value is -1.57. The smallest absolute Gasteiger partial charge is 0.261 e. The van der Waals surface area contributed by atoms with Crippen LogP contribution in [0.1, 0.15) is 10.4 Å². The van der Waals surface area contributed by atoms with E-state index in [1.54, 1.807) is 13.2 Å². The highest BCUT2D eigenvalue weighted by molar-refractivity contribution is 8.13. The summed E-state index contributed by atoms with van der Waals surface area (Å²) in [5.41, 5.74) is 0.641. The van der Waals surface area contributed by atoms with Crippen molar-refractivity contribution in [1.29, 1.82) is 0 Å². The van der Waals surface area contributed by atoms with E-state index in [4.69, 9.17) is 22.3 Å². The number of aryl methyl sites for hydroxylation is 1. The summed E-state index contributed by atoms with van der Waals surface area (Å²) in [5, 5.41) is 6.50. The van der Waals surface area contributed by atoms with Crippen LogP contribution in [0.4, 0.5) is 5.69 Å². The number of rotatable bonds is 3. The lowest BCUT2D eigenvalue weighted by Gasteiger charge is -2.07. The molecule has 0 atom stereocenters. The normalized spacial score (nSPS) is 11.3. The summed E-state index contributed by atoms with van der Waals surface area (Å²) in [6, 6.07) is 3.79. The summed E-state index contributed by atoms with van der Waals surface area (Å²) < 4.78 is 23.8. The minimum atomic E-state index is -3.86. The average Bonchev–Trinajstić information content (AvgIpc) is 2.77. The molecule has 0 radical (unpaired) electrons. The van der Waals surface area contributed by atoms with Crippen molar-refractivity contribution in [3.8, 4) is 0 Å². The van der Waals surface area contributed by atoms with Crippen molar-refractivity contribution in [2.45, 2.75) is 4.90 Å². The molecule has 1 aromatic heterocycles. The van der Waals surface area contributed by atoms with Gasteiger partial charge in [-0.05, 0) is 18.2 Å². The van der Waals surface area contributed by atoms with E-state index in [1.165, 1.54) is 29.1 Å². The van der Waals surface area contributed by atoms with Gasteiger partial charge in [0.25, 0.3) is 15.0 Å². The number of carbonyl (C=O) groups is 1. The number of hydrogen-bond donors (Lipinski definition) is 1. The van der Waals surface area contributed by atoms with Crippen LogP contribution in [0.25, 0.3) is 0 Å². The summed E-state index contributed by atoms with van der Waals surface area (Å²) in [6.07, 6.45) is 2.95. The maximum absolute atomic E-state index is 11.9. The Morgan fingerprint density at radius 3 is 2.60 bits per heavy atom. The lowest BCUT2D eigenvalue weighted by molar-refractivity contribution is 0.102. The zero-order valence-corrected chi connectivity index (χ0v) is 12.5. The number of amides is 1. The number of aromatic nitrogens is 2. The fraction of sp³-hybridized carbons (Fsp3) is 0.0909. The van der Waals surface area contributed by atoms with E-state index in [-0.39, 0.29) is 15.6 Å². The SMILES string of the molecule is Cn1cc(C(=O)Nc2ccc(S(=O)(=O)Cl)cc2Cl)cn1. The second-order valence-corrected chi connectivity index (χ2v) is 6.91. The Morgan fingerprint density at radius 1 is 1.40 bits per heavy atom. The van der Waals surface area contributed by atoms with Gasteiger partial charge in [0.15, 0.2) is 0 Å². The van der Waals surface area contributed by atoms with E-state index in [0.717, 1.165) is 0 Å². The molecule has 2 aromatic rings. The van der Waals surface area contributed by atoms with E-state index in [9.17, 15) is 13.2 Å². The fourth-order valence-electron chi connectivity index (χ4n) is 1.48. The zero-order valence-electron chi connectivity index (χ0n) is 10.2. The molecule has 9 heteroatoms. The second-order valence-electron chi connectivity index (χ2n) is 3.94. The van der Waals surface area contributed by atoms with Gasteiger partial charge < -0.3 is 5.32 Å². The van der Waals surface area contributed by atoms with Crippen molar-refractivity contribution in [3.05, 3.63) is 41.2 Å². The molecule has 0 bridgehead atoms. The third-order valence-corrected chi connectivity index (χ3v) is 4.10. The lowest BCUT2D eigenvalue weighted by atomic mass is 10.3. The quantitative estimate of drug-likeness (QED) is 0.873. The van der Waals surface area contributed by atoms with Gasteiger partial charge in [-0.3, -0.25) is 9.48 Å². The monoisotopic (exact) mass is 333 g/mol. The summed E-state index contributed by atoms with van der Waals surface area (Å²) in [4.78, 5) is 11.8. The van der Waals surface area contributed by atoms with Crippen LogP contribution >= 0.6 is 22.3 Å². The first-order valence-corrected chi connectivity index (χ1v) is 8.00. The van der Waals surface area contributed by atoms with E-state index in [1.807, 2.05) is 0 Å². The second kappa shape index (κ2) is 5.43. The van der Waals surface area contributed by atoms with Crippen LogP contribution in [0, 0.1) is 0 Å². The molecule has 0 spiro atoms. The first-order valence-electron chi connectivity index (χ1n) is 5.31. The topological polar surface area (TPSA) is 81.1 Å². The molecule has 0 aliphatic rings. The third kappa shape index (κ3) is 3.30. The number of anilines is 1. The number of hydrogen-bond acceptors (Lipinski definition) is 4. The molecule has 106 valence electrons. The van der Waals surface area contributed by atoms with Crippen molar-refractivity contribution in [2.75, 3.05) is 5.32 Å². The molecule has 0 saturated heterocycles. The predicted molar refractivity (Wildman–Crippen MR) is 75.7 cm³/mol. The molecule has 0 saturated carbocycles. The molecule has 1 amide bonds. The van der Waals surface area contributed by atoms with Crippen molar-refractivity contribution in [2.24, 2.45) is 7.05 Å². The van der Waals surface area contributed by atoms with Crippen LogP contribution in [0.15, 0.2) is 35.5 Å². The van der Waals surface area contributed by atoms with Gasteiger partial charge in [0.05, 0.1) is 27.4 Å². The maximum atomic E-state index is 11.9. The molecule has 1 N–H and O–H groups in total. The summed E-state index contributed by atoms with van der Waals surface area (Å²) in [5.74, 6) is -0.401. The summed E-state index contributed by atoms with van der Waals surface area (Å²) in [7, 11) is 3.03. The molecule has 1 aromatic carbocycles. The Labute approximate surface area is 124 Å². The van der Waals surface area contributed by atoms with Gasteiger partial charge in [0.2, 0.25) is 0 Å². The minimum absolute atomic E-state index is 0.0731. The van der Waals surface area contributed by atoms with Gasteiger partial charge >= 0.3 is 0 Å². The molecule has 2 rings (SSSR count). The van der Waals surface area contributed by atoms with Gasteiger partial charge in [-0.15, -0.1) is 0 Å². The van der Waals surface area contributed by atoms with Crippen molar-refractivity contribution < 1.29 is 13.2 Å². The van der Waals surface area contributed by atoms with E-state index >= 15 is 0 Å². The fourth-order valence-corrected chi connectivity index (χ4v) is 2.55. The molecular weight excluding hydrogens is 325 g/mol. The Bertz CT molecular complexity index is 771. The molecule has 0 aliphatic heterocycles. The minimum Gasteiger partial charge on any atom is -0.321 e.